The predicted octanol–water partition coefficient (Wildman–Crippen LogP) is 8.28. The Bertz CT molecular complexity index is 894. The summed E-state index contributed by atoms with van der Waals surface area (Å²) in [5.41, 5.74) is 0. The summed E-state index contributed by atoms with van der Waals surface area (Å²) in [4.78, 5) is 13.4. The third kappa shape index (κ3) is 4.90. The first-order valence-electron chi connectivity index (χ1n) is 8.04. The average molecular weight is 613 g/mol. The molecular formula is C20H12Br3F3O2S. The van der Waals surface area contributed by atoms with E-state index in [4.69, 9.17) is 4.18 Å². The van der Waals surface area contributed by atoms with E-state index in [1.807, 2.05) is 0 Å². The highest BCUT2D eigenvalue weighted by Crippen LogP contribution is 2.69. The molecule has 3 aromatic carbocycles. The fraction of sp³-hybridized carbons (Fsp3) is 0.0500. The second-order valence-corrected chi connectivity index (χ2v) is 11.2. The number of rotatable bonds is 4. The van der Waals surface area contributed by atoms with E-state index >= 15 is 0 Å². The predicted molar refractivity (Wildman–Crippen MR) is 117 cm³/mol. The van der Waals surface area contributed by atoms with E-state index in [1.165, 1.54) is 0 Å². The summed E-state index contributed by atoms with van der Waals surface area (Å²) in [6, 6.07) is 20.2. The molecule has 0 aliphatic heterocycles. The molecule has 0 radical (unpaired) electrons. The van der Waals surface area contributed by atoms with Gasteiger partial charge in [0.25, 0.3) is 0 Å². The lowest BCUT2D eigenvalue weighted by atomic mass is 10.4. The standard InChI is InChI=1S/C20H12Br3F3O2S/c21-13-1-7-16(8-2-13)29(28-19(27)20(24,25)26,17-9-3-14(22)4-10-17)18-11-5-15(23)6-12-18/h1-12H. The molecule has 0 unspecified atom stereocenters. The minimum Gasteiger partial charge on any atom is -0.395 e. The van der Waals surface area contributed by atoms with Gasteiger partial charge in [-0.25, -0.2) is 4.79 Å². The maximum atomic E-state index is 13.2. The highest BCUT2D eigenvalue weighted by Gasteiger charge is 2.47. The number of hydrogen-bond acceptors (Lipinski definition) is 2. The van der Waals surface area contributed by atoms with Gasteiger partial charge >= 0.3 is 12.1 Å². The van der Waals surface area contributed by atoms with Crippen LogP contribution in [0.4, 0.5) is 13.2 Å². The van der Waals surface area contributed by atoms with Gasteiger partial charge in [0.2, 0.25) is 0 Å². The van der Waals surface area contributed by atoms with E-state index < -0.39 is 22.5 Å². The molecule has 0 aromatic heterocycles. The van der Waals surface area contributed by atoms with E-state index in [0.29, 0.717) is 14.7 Å². The smallest absolute Gasteiger partial charge is 0.395 e. The topological polar surface area (TPSA) is 26.3 Å². The molecule has 3 aromatic rings. The molecule has 0 fully saturated rings. The molecule has 0 heterocycles. The van der Waals surface area contributed by atoms with Crippen LogP contribution >= 0.6 is 58.1 Å². The molecule has 0 aliphatic rings. The van der Waals surface area contributed by atoms with Crippen LogP contribution in [0.2, 0.25) is 0 Å². The van der Waals surface area contributed by atoms with E-state index in [9.17, 15) is 18.0 Å². The van der Waals surface area contributed by atoms with Crippen molar-refractivity contribution in [2.45, 2.75) is 20.9 Å². The molecule has 0 saturated carbocycles. The van der Waals surface area contributed by atoms with Gasteiger partial charge in [0.05, 0.1) is 0 Å². The van der Waals surface area contributed by atoms with Crippen LogP contribution in [0.1, 0.15) is 0 Å². The Morgan fingerprint density at radius 1 is 0.655 bits per heavy atom. The van der Waals surface area contributed by atoms with Crippen molar-refractivity contribution in [3.63, 3.8) is 0 Å². The first-order valence-corrected chi connectivity index (χ1v) is 12.0. The third-order valence-corrected chi connectivity index (χ3v) is 8.66. The second kappa shape index (κ2) is 8.83. The molecule has 3 rings (SSSR count). The molecule has 0 amide bonds. The summed E-state index contributed by atoms with van der Waals surface area (Å²) < 4.78 is 47.3. The minimum absolute atomic E-state index is 0.461. The highest BCUT2D eigenvalue weighted by atomic mass is 79.9. The lowest BCUT2D eigenvalue weighted by Gasteiger charge is -2.40. The summed E-state index contributed by atoms with van der Waals surface area (Å²) in [6.45, 7) is 0. The van der Waals surface area contributed by atoms with Crippen molar-refractivity contribution in [1.29, 1.82) is 0 Å². The summed E-state index contributed by atoms with van der Waals surface area (Å²) in [5, 5.41) is 0. The van der Waals surface area contributed by atoms with Crippen LogP contribution in [-0.4, -0.2) is 12.1 Å². The second-order valence-electron chi connectivity index (χ2n) is 5.79. The summed E-state index contributed by atoms with van der Waals surface area (Å²) >= 11 is 10.0. The van der Waals surface area contributed by atoms with E-state index in [1.54, 1.807) is 72.8 Å². The van der Waals surface area contributed by atoms with Crippen molar-refractivity contribution < 1.29 is 22.1 Å². The number of carbonyl (C=O) groups is 1. The van der Waals surface area contributed by atoms with Crippen molar-refractivity contribution >= 4 is 64.1 Å². The van der Waals surface area contributed by atoms with Crippen LogP contribution < -0.4 is 0 Å². The normalized spacial score (nSPS) is 12.5. The third-order valence-electron chi connectivity index (χ3n) is 3.87. The zero-order valence-electron chi connectivity index (χ0n) is 14.4. The monoisotopic (exact) mass is 610 g/mol. The van der Waals surface area contributed by atoms with Gasteiger partial charge in [-0.15, -0.1) is 0 Å². The van der Waals surface area contributed by atoms with Crippen molar-refractivity contribution in [2.75, 3.05) is 0 Å². The van der Waals surface area contributed by atoms with Gasteiger partial charge in [-0.2, -0.15) is 13.2 Å². The first-order chi connectivity index (χ1) is 13.6. The largest absolute Gasteiger partial charge is 0.491 e. The number of halogens is 6. The summed E-state index contributed by atoms with van der Waals surface area (Å²) in [7, 11) is -3.00. The number of hydrogen-bond donors (Lipinski definition) is 0. The molecule has 0 bridgehead atoms. The molecule has 0 spiro atoms. The molecule has 0 N–H and O–H groups in total. The molecule has 9 heteroatoms. The summed E-state index contributed by atoms with van der Waals surface area (Å²) in [6.07, 6.45) is -5.13. The fourth-order valence-corrected chi connectivity index (χ4v) is 6.37. The van der Waals surface area contributed by atoms with Crippen molar-refractivity contribution in [2.24, 2.45) is 0 Å². The number of carbonyl (C=O) groups excluding carboxylic acids is 1. The molecule has 0 atom stereocenters. The quantitative estimate of drug-likeness (QED) is 0.296. The molecule has 2 nitrogen and oxygen atoms in total. The lowest BCUT2D eigenvalue weighted by Crippen LogP contribution is -2.27. The Morgan fingerprint density at radius 3 is 1.17 bits per heavy atom. The van der Waals surface area contributed by atoms with Gasteiger partial charge in [-0.05, 0) is 83.1 Å². The van der Waals surface area contributed by atoms with Crippen LogP contribution in [0, 0.1) is 0 Å². The molecule has 0 aliphatic carbocycles. The van der Waals surface area contributed by atoms with Gasteiger partial charge in [-0.1, -0.05) is 47.8 Å². The summed E-state index contributed by atoms with van der Waals surface area (Å²) in [5.74, 6) is -2.23. The van der Waals surface area contributed by atoms with Crippen LogP contribution in [-0.2, 0) is 8.98 Å². The van der Waals surface area contributed by atoms with Gasteiger partial charge in [0, 0.05) is 28.1 Å². The van der Waals surface area contributed by atoms with Crippen LogP contribution in [0.15, 0.2) is 101 Å². The maximum absolute atomic E-state index is 13.2. The van der Waals surface area contributed by atoms with Gasteiger partial charge in [0.1, 0.15) is 0 Å². The Morgan fingerprint density at radius 2 is 0.931 bits per heavy atom. The Hall–Kier alpha value is -1.29. The van der Waals surface area contributed by atoms with Gasteiger partial charge < -0.3 is 4.18 Å². The van der Waals surface area contributed by atoms with Crippen LogP contribution in [0.25, 0.3) is 0 Å². The van der Waals surface area contributed by atoms with Crippen LogP contribution in [0.3, 0.4) is 0 Å². The van der Waals surface area contributed by atoms with Crippen LogP contribution in [0.5, 0.6) is 0 Å². The first kappa shape index (κ1) is 22.4. The molecule has 29 heavy (non-hydrogen) atoms. The molecule has 152 valence electrons. The average Bonchev–Trinajstić information content (AvgIpc) is 2.67. The number of benzene rings is 3. The van der Waals surface area contributed by atoms with Gasteiger partial charge in [0.15, 0.2) is 0 Å². The van der Waals surface area contributed by atoms with Crippen molar-refractivity contribution in [3.8, 4) is 0 Å². The lowest BCUT2D eigenvalue weighted by molar-refractivity contribution is -0.188. The fourth-order valence-electron chi connectivity index (χ4n) is 2.59. The van der Waals surface area contributed by atoms with E-state index in [-0.39, 0.29) is 0 Å². The highest BCUT2D eigenvalue weighted by molar-refractivity contribution is 9.11. The van der Waals surface area contributed by atoms with Crippen molar-refractivity contribution in [1.82, 2.24) is 0 Å². The zero-order chi connectivity index (χ0) is 21.2. The maximum Gasteiger partial charge on any atom is 0.491 e. The van der Waals surface area contributed by atoms with E-state index in [2.05, 4.69) is 47.8 Å². The molecule has 0 saturated heterocycles. The Kier molecular flexibility index (Phi) is 6.82. The van der Waals surface area contributed by atoms with E-state index in [0.717, 1.165) is 13.4 Å². The Labute approximate surface area is 192 Å². The SMILES string of the molecule is O=C(OS(c1ccc(Br)cc1)(c1ccc(Br)cc1)c1ccc(Br)cc1)C(F)(F)F. The molecular weight excluding hydrogens is 601 g/mol. The van der Waals surface area contributed by atoms with Gasteiger partial charge in [-0.3, -0.25) is 0 Å². The zero-order valence-corrected chi connectivity index (χ0v) is 20.0. The Balaban J connectivity index is 2.33. The van der Waals surface area contributed by atoms with Crippen molar-refractivity contribution in [3.05, 3.63) is 86.2 Å². The number of alkyl halides is 3. The minimum atomic E-state index is -5.13.